The molecule has 10 heteroatoms. The van der Waals surface area contributed by atoms with Gasteiger partial charge < -0.3 is 24.1 Å². The van der Waals surface area contributed by atoms with E-state index in [2.05, 4.69) is 4.98 Å². The van der Waals surface area contributed by atoms with Crippen LogP contribution in [0, 0.1) is 6.92 Å². The van der Waals surface area contributed by atoms with Gasteiger partial charge >= 0.3 is 5.69 Å². The molecular formula is C32H33FN2O7. The molecule has 0 unspecified atom stereocenters. The molecule has 2 N–H and O–H groups in total. The largest absolute Gasteiger partial charge is 0.497 e. The fourth-order valence-electron chi connectivity index (χ4n) is 5.34. The number of rotatable bonds is 9. The molecule has 4 atom stereocenters. The third-order valence-electron chi connectivity index (χ3n) is 7.70. The zero-order valence-corrected chi connectivity index (χ0v) is 23.5. The number of H-pyrrole nitrogens is 1. The summed E-state index contributed by atoms with van der Waals surface area (Å²) in [6, 6.07) is 23.4. The molecule has 0 saturated carbocycles. The van der Waals surface area contributed by atoms with E-state index in [-0.39, 0.29) is 18.8 Å². The number of aryl methyl sites for hydroxylation is 1. The molecule has 9 nitrogen and oxygen atoms in total. The molecule has 0 bridgehead atoms. The van der Waals surface area contributed by atoms with Gasteiger partial charge in [-0.05, 0) is 47.9 Å². The van der Waals surface area contributed by atoms with Crippen LogP contribution in [-0.4, -0.2) is 60.5 Å². The maximum absolute atomic E-state index is 15.7. The van der Waals surface area contributed by atoms with Crippen LogP contribution >= 0.6 is 0 Å². The van der Waals surface area contributed by atoms with Crippen molar-refractivity contribution in [2.75, 3.05) is 27.4 Å². The van der Waals surface area contributed by atoms with E-state index in [4.69, 9.17) is 18.9 Å². The lowest BCUT2D eigenvalue weighted by Crippen LogP contribution is -2.53. The van der Waals surface area contributed by atoms with Crippen LogP contribution in [0.1, 0.15) is 28.3 Å². The second-order valence-corrected chi connectivity index (χ2v) is 10.2. The highest BCUT2D eigenvalue weighted by atomic mass is 19.1. The minimum atomic E-state index is -1.86. The van der Waals surface area contributed by atoms with Crippen LogP contribution in [0.15, 0.2) is 94.6 Å². The third kappa shape index (κ3) is 5.48. The van der Waals surface area contributed by atoms with E-state index in [1.54, 1.807) is 14.2 Å². The molecule has 0 amide bonds. The van der Waals surface area contributed by atoms with Crippen LogP contribution in [0.3, 0.4) is 0 Å². The van der Waals surface area contributed by atoms with Crippen molar-refractivity contribution in [3.63, 3.8) is 0 Å². The highest BCUT2D eigenvalue weighted by Crippen LogP contribution is 2.42. The molecule has 1 aromatic heterocycles. The van der Waals surface area contributed by atoms with Gasteiger partial charge in [0.05, 0.1) is 33.5 Å². The van der Waals surface area contributed by atoms with Gasteiger partial charge in [0.25, 0.3) is 5.56 Å². The van der Waals surface area contributed by atoms with Crippen LogP contribution < -0.4 is 20.7 Å². The highest BCUT2D eigenvalue weighted by molar-refractivity contribution is 5.49. The molecule has 220 valence electrons. The number of aromatic nitrogens is 2. The van der Waals surface area contributed by atoms with Crippen molar-refractivity contribution in [2.24, 2.45) is 0 Å². The number of hydrogen-bond donors (Lipinski definition) is 2. The van der Waals surface area contributed by atoms with Crippen molar-refractivity contribution < 1.29 is 28.4 Å². The zero-order chi connectivity index (χ0) is 29.9. The Kier molecular flexibility index (Phi) is 8.58. The van der Waals surface area contributed by atoms with Gasteiger partial charge in [0.2, 0.25) is 0 Å². The molecule has 1 aliphatic rings. The predicted octanol–water partition coefficient (Wildman–Crippen LogP) is 3.51. The summed E-state index contributed by atoms with van der Waals surface area (Å²) in [6.45, 7) is 1.13. The van der Waals surface area contributed by atoms with E-state index in [9.17, 15) is 14.7 Å². The van der Waals surface area contributed by atoms with Crippen LogP contribution in [0.4, 0.5) is 4.39 Å². The number of aromatic amines is 1. The first-order chi connectivity index (χ1) is 20.3. The lowest BCUT2D eigenvalue weighted by Gasteiger charge is -2.40. The average molecular weight is 577 g/mol. The number of benzene rings is 3. The van der Waals surface area contributed by atoms with Gasteiger partial charge in [0.15, 0.2) is 6.17 Å². The Balaban J connectivity index is 1.51. The second kappa shape index (κ2) is 12.3. The number of nitrogens with zero attached hydrogens (tertiary/aromatic N) is 1. The molecular weight excluding hydrogens is 543 g/mol. The van der Waals surface area contributed by atoms with Gasteiger partial charge in [0, 0.05) is 11.8 Å². The molecule has 42 heavy (non-hydrogen) atoms. The minimum Gasteiger partial charge on any atom is -0.497 e. The maximum atomic E-state index is 15.7. The second-order valence-electron chi connectivity index (χ2n) is 10.2. The summed E-state index contributed by atoms with van der Waals surface area (Å²) < 4.78 is 40.2. The van der Waals surface area contributed by atoms with Gasteiger partial charge in [-0.15, -0.1) is 0 Å². The number of halogens is 1. The van der Waals surface area contributed by atoms with Gasteiger partial charge in [-0.25, -0.2) is 9.18 Å². The Morgan fingerprint density at radius 2 is 1.48 bits per heavy atom. The number of aliphatic hydroxyl groups excluding tert-OH is 1. The predicted molar refractivity (Wildman–Crippen MR) is 154 cm³/mol. The topological polar surface area (TPSA) is 112 Å². The number of methoxy groups -OCH3 is 2. The SMILES string of the molecule is COc1ccc(C(OC[C@H]2OC[C@@H](n3cc(C)c(=O)[nH]c3=O)[C@H](F)[C@@H]2O)(c2ccccc2)c2ccc(OC)cc2)cc1. The van der Waals surface area contributed by atoms with Crippen molar-refractivity contribution in [2.45, 2.75) is 36.9 Å². The molecule has 5 rings (SSSR count). The first kappa shape index (κ1) is 29.2. The van der Waals surface area contributed by atoms with Gasteiger partial charge in [0.1, 0.15) is 29.3 Å². The van der Waals surface area contributed by atoms with E-state index >= 15 is 4.39 Å². The summed E-state index contributed by atoms with van der Waals surface area (Å²) in [6.07, 6.45) is -3.24. The van der Waals surface area contributed by atoms with Crippen molar-refractivity contribution >= 4 is 0 Å². The standard InChI is InChI=1S/C32H33FN2O7/c1-20-17-35(31(38)34-30(20)37)26-18-41-27(29(36)28(26)33)19-42-32(21-7-5-4-6-8-21,22-9-13-24(39-2)14-10-22)23-11-15-25(40-3)16-12-23/h4-17,26-29,36H,18-19H2,1-3H3,(H,34,37,38)/t26-,27-,28+,29-/m1/s1. The van der Waals surface area contributed by atoms with Crippen LogP contribution in [-0.2, 0) is 15.1 Å². The Morgan fingerprint density at radius 3 is 2.02 bits per heavy atom. The number of alkyl halides is 1. The monoisotopic (exact) mass is 576 g/mol. The third-order valence-corrected chi connectivity index (χ3v) is 7.70. The molecule has 1 aliphatic heterocycles. The quantitative estimate of drug-likeness (QED) is 0.293. The Hall–Kier alpha value is -4.25. The van der Waals surface area contributed by atoms with Crippen molar-refractivity contribution in [1.29, 1.82) is 0 Å². The summed E-state index contributed by atoms with van der Waals surface area (Å²) in [4.78, 5) is 26.4. The van der Waals surface area contributed by atoms with E-state index in [0.717, 1.165) is 21.3 Å². The van der Waals surface area contributed by atoms with E-state index in [1.807, 2.05) is 78.9 Å². The van der Waals surface area contributed by atoms with E-state index < -0.39 is 41.3 Å². The highest BCUT2D eigenvalue weighted by Gasteiger charge is 2.44. The first-order valence-corrected chi connectivity index (χ1v) is 13.5. The van der Waals surface area contributed by atoms with Gasteiger partial charge in [-0.1, -0.05) is 54.6 Å². The minimum absolute atomic E-state index is 0.180. The number of aliphatic hydroxyl groups is 1. The smallest absolute Gasteiger partial charge is 0.328 e. The first-order valence-electron chi connectivity index (χ1n) is 13.5. The molecule has 1 fully saturated rings. The Morgan fingerprint density at radius 1 is 0.929 bits per heavy atom. The summed E-state index contributed by atoms with van der Waals surface area (Å²) >= 11 is 0. The van der Waals surface area contributed by atoms with Crippen LogP contribution in [0.5, 0.6) is 11.5 Å². The summed E-state index contributed by atoms with van der Waals surface area (Å²) in [5, 5.41) is 11.0. The molecule has 0 aliphatic carbocycles. The van der Waals surface area contributed by atoms with Crippen molar-refractivity contribution in [3.05, 3.63) is 128 Å². The lowest BCUT2D eigenvalue weighted by atomic mass is 9.80. The van der Waals surface area contributed by atoms with Crippen LogP contribution in [0.25, 0.3) is 0 Å². The fraction of sp³-hybridized carbons (Fsp3) is 0.312. The normalized spacial score (nSPS) is 20.7. The number of hydrogen-bond acceptors (Lipinski definition) is 7. The van der Waals surface area contributed by atoms with E-state index in [0.29, 0.717) is 11.5 Å². The zero-order valence-electron chi connectivity index (χ0n) is 23.5. The number of ether oxygens (including phenoxy) is 4. The summed E-state index contributed by atoms with van der Waals surface area (Å²) in [5.41, 5.74) is 0.0857. The molecule has 2 heterocycles. The van der Waals surface area contributed by atoms with Crippen molar-refractivity contribution in [3.8, 4) is 11.5 Å². The molecule has 3 aromatic carbocycles. The van der Waals surface area contributed by atoms with Crippen molar-refractivity contribution in [1.82, 2.24) is 9.55 Å². The summed E-state index contributed by atoms with van der Waals surface area (Å²) in [7, 11) is 3.18. The van der Waals surface area contributed by atoms with Gasteiger partial charge in [-0.2, -0.15) is 0 Å². The Labute approximate surface area is 242 Å². The lowest BCUT2D eigenvalue weighted by molar-refractivity contribution is -0.169. The van der Waals surface area contributed by atoms with Crippen LogP contribution in [0.2, 0.25) is 0 Å². The maximum Gasteiger partial charge on any atom is 0.328 e. The Bertz CT molecular complexity index is 1560. The molecule has 0 radical (unpaired) electrons. The molecule has 1 saturated heterocycles. The molecule has 4 aromatic rings. The fourth-order valence-corrected chi connectivity index (χ4v) is 5.34. The van der Waals surface area contributed by atoms with Gasteiger partial charge in [-0.3, -0.25) is 14.3 Å². The molecule has 0 spiro atoms. The average Bonchev–Trinajstić information content (AvgIpc) is 3.02. The number of nitrogens with one attached hydrogen (secondary N) is 1. The summed E-state index contributed by atoms with van der Waals surface area (Å²) in [5.74, 6) is 1.33. The van der Waals surface area contributed by atoms with E-state index in [1.165, 1.54) is 13.1 Å².